The van der Waals surface area contributed by atoms with E-state index in [4.69, 9.17) is 52.1 Å². The van der Waals surface area contributed by atoms with Gasteiger partial charge in [0, 0.05) is 65.8 Å². The third kappa shape index (κ3) is 10.3. The molecule has 1 spiro atoms. The summed E-state index contributed by atoms with van der Waals surface area (Å²) in [6.45, 7) is 14.0. The van der Waals surface area contributed by atoms with Crippen LogP contribution in [-0.2, 0) is 56.9 Å². The lowest BCUT2D eigenvalue weighted by molar-refractivity contribution is -0.343. The summed E-state index contributed by atoms with van der Waals surface area (Å²) >= 11 is 0. The number of hydrogen-bond acceptors (Lipinski definition) is 15. The molecular weight excluding hydrogens is 817 g/mol. The summed E-state index contributed by atoms with van der Waals surface area (Å²) in [5.74, 6) is -2.81. The van der Waals surface area contributed by atoms with Crippen molar-refractivity contribution < 1.29 is 72.2 Å². The lowest BCUT2D eigenvalue weighted by atomic mass is 9.70. The van der Waals surface area contributed by atoms with Crippen molar-refractivity contribution in [2.45, 2.75) is 203 Å². The number of aliphatic hydroxyl groups excluding tert-OH is 2. The normalized spacial score (nSPS) is 48.8. The number of esters is 1. The Labute approximate surface area is 373 Å². The Kier molecular flexibility index (Phi) is 15.8. The van der Waals surface area contributed by atoms with Crippen molar-refractivity contribution >= 4 is 5.97 Å². The summed E-state index contributed by atoms with van der Waals surface area (Å²) in [5.41, 5.74) is 0.523. The van der Waals surface area contributed by atoms with Crippen molar-refractivity contribution in [1.29, 1.82) is 0 Å². The first-order valence-electron chi connectivity index (χ1n) is 23.2. The maximum absolute atomic E-state index is 14.5. The zero-order chi connectivity index (χ0) is 45.4. The highest BCUT2D eigenvalue weighted by molar-refractivity contribution is 5.78. The van der Waals surface area contributed by atoms with Crippen LogP contribution in [-0.4, -0.2) is 153 Å². The van der Waals surface area contributed by atoms with Gasteiger partial charge in [-0.25, -0.2) is 0 Å². The Morgan fingerprint density at radius 1 is 0.857 bits per heavy atom. The van der Waals surface area contributed by atoms with Gasteiger partial charge < -0.3 is 67.4 Å². The third-order valence-electron chi connectivity index (χ3n) is 14.8. The second-order valence-corrected chi connectivity index (χ2v) is 19.2. The van der Waals surface area contributed by atoms with Crippen LogP contribution in [0.5, 0.6) is 0 Å². The Balaban J connectivity index is 1.19. The molecule has 0 aromatic rings. The van der Waals surface area contributed by atoms with Crippen molar-refractivity contribution in [2.75, 3.05) is 27.9 Å². The zero-order valence-electron chi connectivity index (χ0n) is 38.9. The van der Waals surface area contributed by atoms with E-state index >= 15 is 0 Å². The maximum atomic E-state index is 14.5. The molecule has 6 aliphatic heterocycles. The van der Waals surface area contributed by atoms with Gasteiger partial charge in [-0.3, -0.25) is 4.79 Å². The second kappa shape index (κ2) is 20.4. The van der Waals surface area contributed by atoms with Gasteiger partial charge >= 0.3 is 5.97 Å². The molecule has 20 unspecified atom stereocenters. The van der Waals surface area contributed by atoms with Crippen LogP contribution in [0, 0.1) is 17.8 Å². The molecule has 7 aliphatic rings. The largest absolute Gasteiger partial charge is 0.462 e. The van der Waals surface area contributed by atoms with Gasteiger partial charge in [-0.05, 0) is 56.8 Å². The first-order chi connectivity index (χ1) is 30.0. The Morgan fingerprint density at radius 3 is 2.29 bits per heavy atom. The predicted octanol–water partition coefficient (Wildman–Crippen LogP) is 4.98. The highest BCUT2D eigenvalue weighted by Crippen LogP contribution is 2.48. The topological polar surface area (TPSA) is 179 Å². The molecule has 0 amide bonds. The van der Waals surface area contributed by atoms with Crippen LogP contribution in [0.3, 0.4) is 0 Å². The monoisotopic (exact) mass is 891 g/mol. The molecule has 0 radical (unpaired) electrons. The Bertz CT molecular complexity index is 1700. The molecule has 3 N–H and O–H groups in total. The maximum Gasteiger partial charge on any atom is 0.316 e. The third-order valence-corrected chi connectivity index (χ3v) is 14.8. The van der Waals surface area contributed by atoms with Gasteiger partial charge in [0.15, 0.2) is 18.4 Å². The van der Waals surface area contributed by atoms with Gasteiger partial charge in [-0.15, -0.1) is 0 Å². The molecule has 2 bridgehead atoms. The molecular formula is C48H74O15. The number of methoxy groups -OCH3 is 3. The molecule has 20 atom stereocenters. The highest BCUT2D eigenvalue weighted by atomic mass is 16.7. The second-order valence-electron chi connectivity index (χ2n) is 19.2. The Hall–Kier alpha value is -2.09. The lowest BCUT2D eigenvalue weighted by Gasteiger charge is -2.50. The fourth-order valence-electron chi connectivity index (χ4n) is 11.0. The summed E-state index contributed by atoms with van der Waals surface area (Å²) < 4.78 is 69.7. The van der Waals surface area contributed by atoms with Crippen LogP contribution in [0.15, 0.2) is 47.1 Å². The van der Waals surface area contributed by atoms with Crippen LogP contribution in [0.25, 0.3) is 0 Å². The number of aliphatic hydroxyl groups is 3. The number of carbonyl (C=O) groups excluding carboxylic acids is 1. The number of rotatable bonds is 9. The van der Waals surface area contributed by atoms with Crippen molar-refractivity contribution in [2.24, 2.45) is 17.8 Å². The average molecular weight is 891 g/mol. The molecule has 15 nitrogen and oxygen atoms in total. The number of ether oxygens (including phenoxy) is 11. The highest BCUT2D eigenvalue weighted by Gasteiger charge is 2.61. The smallest absolute Gasteiger partial charge is 0.316 e. The molecule has 1 aliphatic carbocycles. The van der Waals surface area contributed by atoms with Gasteiger partial charge in [0.1, 0.15) is 42.0 Å². The molecule has 5 saturated heterocycles. The summed E-state index contributed by atoms with van der Waals surface area (Å²) in [4.78, 5) is 14.5. The fourth-order valence-corrected chi connectivity index (χ4v) is 11.0. The van der Waals surface area contributed by atoms with E-state index < -0.39 is 103 Å². The minimum atomic E-state index is -1.74. The van der Waals surface area contributed by atoms with Gasteiger partial charge in [0.05, 0.1) is 55.4 Å². The van der Waals surface area contributed by atoms with Crippen molar-refractivity contribution in [1.82, 2.24) is 0 Å². The minimum absolute atomic E-state index is 0.0989. The SMILES string of the molecule is CCC(C)C1CC(O)CC2(CC3CC(C/C=C(\C)C(OC4CC(OC)C(OC5CC(OC)C(O)C(C)O5)C(C)O4)C(C)/C=C/C=C4\COC5C(OC)C(C)=CC(C(=O)O3)C45O)O2)O1. The van der Waals surface area contributed by atoms with Crippen molar-refractivity contribution in [3.05, 3.63) is 47.1 Å². The summed E-state index contributed by atoms with van der Waals surface area (Å²) in [6.07, 6.45) is 5.04. The van der Waals surface area contributed by atoms with Crippen molar-refractivity contribution in [3.63, 3.8) is 0 Å². The van der Waals surface area contributed by atoms with E-state index in [0.717, 1.165) is 17.6 Å². The van der Waals surface area contributed by atoms with E-state index in [1.165, 1.54) is 0 Å². The molecule has 7 rings (SSSR count). The average Bonchev–Trinajstić information content (AvgIpc) is 3.58. The molecule has 63 heavy (non-hydrogen) atoms. The fraction of sp³-hybridized carbons (Fsp3) is 0.812. The number of hydrogen-bond donors (Lipinski definition) is 3. The van der Waals surface area contributed by atoms with E-state index in [1.807, 2.05) is 39.0 Å². The molecule has 0 aromatic carbocycles. The van der Waals surface area contributed by atoms with E-state index in [2.05, 4.69) is 26.8 Å². The first kappa shape index (κ1) is 48.8. The number of fused-ring (bicyclic) bond motifs is 2. The van der Waals surface area contributed by atoms with Crippen LogP contribution >= 0.6 is 0 Å². The quantitative estimate of drug-likeness (QED) is 0.208. The summed E-state index contributed by atoms with van der Waals surface area (Å²) in [7, 11) is 4.79. The number of allylic oxidation sites excluding steroid dienone is 2. The van der Waals surface area contributed by atoms with Crippen LogP contribution < -0.4 is 0 Å². The summed E-state index contributed by atoms with van der Waals surface area (Å²) in [6, 6.07) is 0. The molecule has 5 fully saturated rings. The van der Waals surface area contributed by atoms with Gasteiger partial charge in [0.25, 0.3) is 0 Å². The van der Waals surface area contributed by atoms with Gasteiger partial charge in [-0.2, -0.15) is 0 Å². The predicted molar refractivity (Wildman–Crippen MR) is 229 cm³/mol. The Morgan fingerprint density at radius 2 is 1.57 bits per heavy atom. The molecule has 356 valence electrons. The summed E-state index contributed by atoms with van der Waals surface area (Å²) in [5, 5.41) is 34.5. The molecule has 6 heterocycles. The van der Waals surface area contributed by atoms with E-state index in [9.17, 15) is 20.1 Å². The minimum Gasteiger partial charge on any atom is -0.462 e. The number of carbonyl (C=O) groups is 1. The van der Waals surface area contributed by atoms with Crippen LogP contribution in [0.1, 0.15) is 99.8 Å². The van der Waals surface area contributed by atoms with Crippen molar-refractivity contribution in [3.8, 4) is 0 Å². The van der Waals surface area contributed by atoms with Crippen LogP contribution in [0.4, 0.5) is 0 Å². The molecule has 0 saturated carbocycles. The van der Waals surface area contributed by atoms with E-state index in [0.29, 0.717) is 37.7 Å². The van der Waals surface area contributed by atoms with E-state index in [1.54, 1.807) is 34.3 Å². The lowest BCUT2D eigenvalue weighted by Crippen LogP contribution is -2.59. The van der Waals surface area contributed by atoms with Crippen LogP contribution in [0.2, 0.25) is 0 Å². The molecule has 0 aromatic heterocycles. The zero-order valence-corrected chi connectivity index (χ0v) is 38.9. The molecule has 15 heteroatoms. The standard InChI is InChI=1S/C48H74O15/c1-11-25(2)36-18-32(49)22-47(63-36)23-34-19-33(62-47)16-15-27(4)42(60-40-21-38(54-9)44(30(7)58-40)61-39-20-37(53-8)41(50)29(6)57-39)26(3)13-12-14-31-24-56-45-43(55-10)28(5)17-35(46(51)59-34)48(31,45)52/h12-15,17,25-26,29-30,32-45,49-50,52H,11,16,18-24H2,1-10H3/b13-12+,27-15+,31-14+. The van der Waals surface area contributed by atoms with E-state index in [-0.39, 0.29) is 43.5 Å². The first-order valence-corrected chi connectivity index (χ1v) is 23.2. The van der Waals surface area contributed by atoms with Gasteiger partial charge in [-0.1, -0.05) is 57.6 Å². The van der Waals surface area contributed by atoms with Gasteiger partial charge in [0.2, 0.25) is 0 Å².